The summed E-state index contributed by atoms with van der Waals surface area (Å²) in [6, 6.07) is 41.2. The second-order valence-corrected chi connectivity index (χ2v) is 31.2. The van der Waals surface area contributed by atoms with E-state index in [1.54, 1.807) is 42.7 Å². The summed E-state index contributed by atoms with van der Waals surface area (Å²) in [6.45, 7) is 15.3. The summed E-state index contributed by atoms with van der Waals surface area (Å²) >= 11 is 13.1. The molecule has 7 amide bonds. The number of aliphatic hydroxyl groups is 1. The predicted molar refractivity (Wildman–Crippen MR) is 437 cm³/mol. The Kier molecular flexibility index (Phi) is 23.4. The van der Waals surface area contributed by atoms with E-state index in [0.717, 1.165) is 136 Å². The lowest BCUT2D eigenvalue weighted by molar-refractivity contribution is -0.118. The number of hydrogen-bond acceptors (Lipinski definition) is 16. The van der Waals surface area contributed by atoms with Crippen LogP contribution in [-0.2, 0) is 40.4 Å². The number of nitrogens with zero attached hydrogens (tertiary/aromatic N) is 10. The molecule has 0 radical (unpaired) electrons. The fourth-order valence-electron chi connectivity index (χ4n) is 16.9. The highest BCUT2D eigenvalue weighted by Crippen LogP contribution is 2.49. The van der Waals surface area contributed by atoms with Gasteiger partial charge in [0.25, 0.3) is 11.8 Å². The Morgan fingerprint density at radius 1 is 0.522 bits per heavy atom. The molecule has 588 valence electrons. The van der Waals surface area contributed by atoms with E-state index in [9.17, 15) is 38.7 Å². The van der Waals surface area contributed by atoms with Gasteiger partial charge < -0.3 is 68.0 Å². The van der Waals surface area contributed by atoms with Crippen LogP contribution in [0, 0.1) is 13.8 Å². The highest BCUT2D eigenvalue weighted by atomic mass is 35.5. The Morgan fingerprint density at radius 3 is 1.51 bits per heavy atom. The Hall–Kier alpha value is -10.6. The van der Waals surface area contributed by atoms with Crippen molar-refractivity contribution in [2.45, 2.75) is 109 Å². The van der Waals surface area contributed by atoms with Crippen LogP contribution >= 0.6 is 23.2 Å². The zero-order chi connectivity index (χ0) is 78.7. The molecular weight excluding hydrogens is 1480 g/mol. The van der Waals surface area contributed by atoms with Gasteiger partial charge in [-0.3, -0.25) is 24.2 Å². The standard InChI is InChI=1S/C46H50ClN5O8.C42H44ClN5O5/c1-4-20-58-46(57)52-37-24-39(29(2)21-35(37)43(54)50-15-8-7-14-36(50)44(52)55)59-28-31-11-9-10-30(22-31)23-41(53)51-27-32(26-47)42-34-13-6-5-12-33(34)40(25-38(42)51)60-45(56)49-18-16-48(3)17-19-49;1-27-18-34-35(44-24-31-10-5-6-13-47(31)41(34)50)21-37(27)52-26-29-9-7-8-28(19-29)20-39(49)48-25-30(23-43)40-33-12-4-3-11-32(33)38(22-36(40)48)53-42(51)46-16-14-45(2)15-17-46/h4-6,9-13,21-22,24-25,32,36,44,55H,1,7-8,14-20,23,26-28H2,2-3H3;3-4,7-9,11-12,18-19,21-22,24,30-31H,5-6,10,13-17,20,23,25-26H2,1-2H3/t32-,36+,44?;30-,31+/m11/s1. The largest absolute Gasteiger partial charge is 0.489 e. The molecule has 1 N–H and O–H groups in total. The second-order valence-electron chi connectivity index (χ2n) is 30.6. The fourth-order valence-corrected chi connectivity index (χ4v) is 17.4. The summed E-state index contributed by atoms with van der Waals surface area (Å²) in [6.07, 6.45) is 5.95. The zero-order valence-electron chi connectivity index (χ0n) is 64.2. The number of amides is 7. The van der Waals surface area contributed by atoms with Crippen LogP contribution < -0.4 is 33.6 Å². The number of halogens is 2. The van der Waals surface area contributed by atoms with Crippen LogP contribution in [0.4, 0.5) is 37.1 Å². The van der Waals surface area contributed by atoms with E-state index in [1.807, 2.05) is 154 Å². The highest BCUT2D eigenvalue weighted by molar-refractivity contribution is 6.20. The van der Waals surface area contributed by atoms with Gasteiger partial charge in [0.2, 0.25) is 11.8 Å². The number of hydrogen-bond donors (Lipinski definition) is 1. The fraction of sp³-hybridized carbons (Fsp3) is 0.386. The Labute approximate surface area is 667 Å². The first-order valence-corrected chi connectivity index (χ1v) is 40.2. The lowest BCUT2D eigenvalue weighted by atomic mass is 9.95. The van der Waals surface area contributed by atoms with Crippen molar-refractivity contribution in [2.24, 2.45) is 4.99 Å². The Morgan fingerprint density at radius 2 is 0.991 bits per heavy atom. The molecule has 8 aliphatic heterocycles. The van der Waals surface area contributed by atoms with Crippen molar-refractivity contribution in [1.82, 2.24) is 29.4 Å². The number of piperidine rings is 2. The van der Waals surface area contributed by atoms with Crippen molar-refractivity contribution in [3.05, 3.63) is 202 Å². The normalized spacial score (nSPS) is 20.1. The monoisotopic (exact) mass is 1570 g/mol. The van der Waals surface area contributed by atoms with Crippen molar-refractivity contribution in [3.8, 4) is 23.0 Å². The van der Waals surface area contributed by atoms with Crippen molar-refractivity contribution in [3.63, 3.8) is 0 Å². The molecule has 4 saturated heterocycles. The first-order valence-electron chi connectivity index (χ1n) is 39.1. The zero-order valence-corrected chi connectivity index (χ0v) is 65.7. The van der Waals surface area contributed by atoms with Crippen LogP contribution in [0.1, 0.15) is 116 Å². The minimum atomic E-state index is -1.32. The molecule has 1 unspecified atom stereocenters. The molecule has 8 aliphatic rings. The summed E-state index contributed by atoms with van der Waals surface area (Å²) in [4.78, 5) is 116. The Bertz CT molecular complexity index is 5060. The minimum Gasteiger partial charge on any atom is -0.489 e. The topological polar surface area (TPSA) is 227 Å². The number of carbonyl (C=O) groups is 7. The number of benzene rings is 8. The molecule has 8 aromatic rings. The molecule has 8 heterocycles. The maximum atomic E-state index is 14.2. The van der Waals surface area contributed by atoms with Crippen molar-refractivity contribution in [2.75, 3.05) is 126 Å². The number of alkyl halides is 2. The summed E-state index contributed by atoms with van der Waals surface area (Å²) in [5.41, 5.74) is 10.0. The van der Waals surface area contributed by atoms with E-state index < -0.39 is 24.5 Å². The summed E-state index contributed by atoms with van der Waals surface area (Å²) in [5, 5.41) is 15.0. The number of aliphatic imine (C=N–C) groups is 1. The summed E-state index contributed by atoms with van der Waals surface area (Å²) in [5.74, 6) is 2.02. The van der Waals surface area contributed by atoms with Gasteiger partial charge in [0.05, 0.1) is 58.8 Å². The van der Waals surface area contributed by atoms with Crippen LogP contribution in [0.2, 0.25) is 0 Å². The number of anilines is 3. The van der Waals surface area contributed by atoms with E-state index in [1.165, 1.54) is 6.08 Å². The maximum absolute atomic E-state index is 14.2. The van der Waals surface area contributed by atoms with Gasteiger partial charge >= 0.3 is 18.3 Å². The molecule has 23 nitrogen and oxygen atoms in total. The first kappa shape index (κ1) is 77.7. The molecule has 8 aromatic carbocycles. The number of ether oxygens (including phenoxy) is 5. The van der Waals surface area contributed by atoms with E-state index in [2.05, 4.69) is 16.4 Å². The number of fused-ring (bicyclic) bond motifs is 10. The molecule has 25 heteroatoms. The van der Waals surface area contributed by atoms with Gasteiger partial charge in [0.15, 0.2) is 6.23 Å². The second kappa shape index (κ2) is 34.0. The van der Waals surface area contributed by atoms with Gasteiger partial charge in [-0.15, -0.1) is 23.2 Å². The molecule has 0 bridgehead atoms. The van der Waals surface area contributed by atoms with Gasteiger partial charge in [-0.2, -0.15) is 0 Å². The van der Waals surface area contributed by atoms with Crippen LogP contribution in [-0.4, -0.2) is 212 Å². The third-order valence-corrected chi connectivity index (χ3v) is 23.8. The molecule has 0 spiro atoms. The number of likely N-dealkylation sites (N-methyl/N-ethyl adjacent to an activating group) is 2. The van der Waals surface area contributed by atoms with Crippen LogP contribution in [0.15, 0.2) is 151 Å². The van der Waals surface area contributed by atoms with Crippen molar-refractivity contribution >= 4 is 116 Å². The summed E-state index contributed by atoms with van der Waals surface area (Å²) in [7, 11) is 4.07. The quantitative estimate of drug-likeness (QED) is 0.0701. The third kappa shape index (κ3) is 16.3. The van der Waals surface area contributed by atoms with Crippen LogP contribution in [0.5, 0.6) is 23.0 Å². The lowest BCUT2D eigenvalue weighted by Crippen LogP contribution is -2.55. The average molecular weight is 1570 g/mol. The van der Waals surface area contributed by atoms with E-state index in [-0.39, 0.29) is 84.9 Å². The number of rotatable bonds is 16. The molecule has 4 fully saturated rings. The summed E-state index contributed by atoms with van der Waals surface area (Å²) < 4.78 is 30.1. The maximum Gasteiger partial charge on any atom is 0.416 e. The average Bonchev–Trinajstić information content (AvgIpc) is 1.63. The minimum absolute atomic E-state index is 0.0308. The molecule has 0 aromatic heterocycles. The molecule has 5 atom stereocenters. The van der Waals surface area contributed by atoms with Crippen LogP contribution in [0.3, 0.4) is 0 Å². The SMILES string of the molecule is C=CCOC(=O)N1c2cc(OCc3cccc(CC(=O)N4C[C@@H](CCl)c5c4cc(OC(=O)N4CCN(C)CC4)c4ccccc54)c3)c(C)cc2C(=O)N2CCCC[C@H]2C1O.Cc1cc2c(cc1OCc1cccc(CC(=O)N3C[C@@H](CCl)c4c3cc(OC(=O)N3CCN(C)CC3)c3ccccc43)c1)N=C[C@@H]1CCCCN1C2=O. The van der Waals surface area contributed by atoms with E-state index in [4.69, 9.17) is 51.9 Å². The number of aliphatic hydroxyl groups excluding tert-OH is 1. The van der Waals surface area contributed by atoms with Crippen LogP contribution in [0.25, 0.3) is 21.5 Å². The van der Waals surface area contributed by atoms with Crippen molar-refractivity contribution < 1.29 is 62.4 Å². The van der Waals surface area contributed by atoms with Gasteiger partial charge in [-0.05, 0) is 134 Å². The predicted octanol–water partition coefficient (Wildman–Crippen LogP) is 13.9. The lowest BCUT2D eigenvalue weighted by Gasteiger charge is -2.38. The van der Waals surface area contributed by atoms with E-state index >= 15 is 0 Å². The van der Waals surface area contributed by atoms with Crippen molar-refractivity contribution in [1.29, 1.82) is 0 Å². The number of piperazine rings is 2. The molecule has 0 saturated carbocycles. The number of aryl methyl sites for hydroxylation is 2. The van der Waals surface area contributed by atoms with Gasteiger partial charge in [0.1, 0.15) is 42.8 Å². The van der Waals surface area contributed by atoms with Gasteiger partial charge in [0, 0.05) is 143 Å². The van der Waals surface area contributed by atoms with E-state index in [0.29, 0.717) is 116 Å². The molecule has 0 aliphatic carbocycles. The molecule has 113 heavy (non-hydrogen) atoms. The molecule has 16 rings (SSSR count). The Balaban J connectivity index is 0.000000180. The molecular formula is C88H94Cl2N10O13. The first-order chi connectivity index (χ1) is 54.8. The number of carbonyl (C=O) groups excluding carboxylic acids is 7. The highest BCUT2D eigenvalue weighted by Gasteiger charge is 2.45. The van der Waals surface area contributed by atoms with Gasteiger partial charge in [-0.25, -0.2) is 19.3 Å². The third-order valence-electron chi connectivity index (χ3n) is 23.1. The smallest absolute Gasteiger partial charge is 0.416 e. The van der Waals surface area contributed by atoms with Gasteiger partial charge in [-0.1, -0.05) is 110 Å².